The van der Waals surface area contributed by atoms with Crippen LogP contribution in [0.4, 0.5) is 0 Å². The number of carbonyl (C=O) groups is 2. The summed E-state index contributed by atoms with van der Waals surface area (Å²) in [5.74, 6) is 0.981. The fraction of sp³-hybridized carbons (Fsp3) is 0.500. The highest BCUT2D eigenvalue weighted by Gasteiger charge is 2.40. The van der Waals surface area contributed by atoms with Gasteiger partial charge in [0.25, 0.3) is 5.91 Å². The number of hydrogen-bond donors (Lipinski definition) is 1. The summed E-state index contributed by atoms with van der Waals surface area (Å²) in [6.45, 7) is 2.03. The van der Waals surface area contributed by atoms with E-state index in [1.165, 1.54) is 0 Å². The molecule has 8 heteroatoms. The minimum Gasteiger partial charge on any atom is -0.481 e. The van der Waals surface area contributed by atoms with E-state index in [1.807, 2.05) is 9.80 Å². The first kappa shape index (κ1) is 18.5. The highest BCUT2D eigenvalue weighted by molar-refractivity contribution is 5.94. The molecule has 2 aromatic rings. The molecule has 0 radical (unpaired) electrons. The van der Waals surface area contributed by atoms with Crippen LogP contribution in [0.2, 0.25) is 0 Å². The van der Waals surface area contributed by atoms with Crippen molar-refractivity contribution < 1.29 is 14.3 Å². The number of likely N-dealkylation sites (tertiary alicyclic amines) is 2. The van der Waals surface area contributed by atoms with Crippen molar-refractivity contribution in [2.24, 2.45) is 5.92 Å². The Morgan fingerprint density at radius 2 is 2.29 bits per heavy atom. The van der Waals surface area contributed by atoms with Crippen LogP contribution in [0.1, 0.15) is 35.3 Å². The second-order valence-electron chi connectivity index (χ2n) is 7.41. The first-order chi connectivity index (χ1) is 13.7. The Hall–Kier alpha value is -2.90. The number of nitrogens with one attached hydrogen (secondary N) is 1. The molecule has 0 unspecified atom stereocenters. The van der Waals surface area contributed by atoms with Crippen LogP contribution in [-0.4, -0.2) is 69.4 Å². The molecule has 1 N–H and O–H groups in total. The lowest BCUT2D eigenvalue weighted by atomic mass is 9.83. The predicted molar refractivity (Wildman–Crippen MR) is 102 cm³/mol. The Morgan fingerprint density at radius 1 is 1.39 bits per heavy atom. The van der Waals surface area contributed by atoms with Crippen LogP contribution in [-0.2, 0) is 11.2 Å². The summed E-state index contributed by atoms with van der Waals surface area (Å²) in [4.78, 5) is 40.6. The monoisotopic (exact) mass is 383 g/mol. The Labute approximate surface area is 163 Å². The van der Waals surface area contributed by atoms with Gasteiger partial charge >= 0.3 is 0 Å². The quantitative estimate of drug-likeness (QED) is 0.845. The van der Waals surface area contributed by atoms with E-state index in [0.29, 0.717) is 43.4 Å². The van der Waals surface area contributed by atoms with Crippen molar-refractivity contribution in [2.75, 3.05) is 26.7 Å². The maximum Gasteiger partial charge on any atom is 0.254 e. The van der Waals surface area contributed by atoms with Crippen LogP contribution >= 0.6 is 0 Å². The molecule has 2 saturated heterocycles. The predicted octanol–water partition coefficient (Wildman–Crippen LogP) is 1.51. The number of hydrogen-bond acceptors (Lipinski definition) is 5. The molecule has 0 aliphatic carbocycles. The average Bonchev–Trinajstić information content (AvgIpc) is 3.26. The highest BCUT2D eigenvalue weighted by Crippen LogP contribution is 2.32. The number of pyridine rings is 1. The second-order valence-corrected chi connectivity index (χ2v) is 7.41. The fourth-order valence-corrected chi connectivity index (χ4v) is 4.33. The smallest absolute Gasteiger partial charge is 0.254 e. The molecule has 4 rings (SSSR count). The van der Waals surface area contributed by atoms with E-state index in [4.69, 9.17) is 4.74 Å². The van der Waals surface area contributed by atoms with Crippen LogP contribution in [0, 0.1) is 5.92 Å². The van der Waals surface area contributed by atoms with Crippen LogP contribution < -0.4 is 4.74 Å². The van der Waals surface area contributed by atoms with Crippen LogP contribution in [0.25, 0.3) is 0 Å². The van der Waals surface area contributed by atoms with E-state index in [-0.39, 0.29) is 17.9 Å². The van der Waals surface area contributed by atoms with Crippen LogP contribution in [0.5, 0.6) is 5.88 Å². The third kappa shape index (κ3) is 3.72. The first-order valence-corrected chi connectivity index (χ1v) is 9.71. The maximum atomic E-state index is 12.9. The molecule has 0 bridgehead atoms. The number of carbonyl (C=O) groups excluding carboxylic acids is 2. The Bertz CT molecular complexity index is 838. The van der Waals surface area contributed by atoms with Crippen molar-refractivity contribution in [2.45, 2.75) is 31.7 Å². The van der Waals surface area contributed by atoms with E-state index in [0.717, 1.165) is 25.0 Å². The number of piperidine rings is 2. The Balaban J connectivity index is 1.42. The van der Waals surface area contributed by atoms with Gasteiger partial charge in [-0.15, -0.1) is 0 Å². The summed E-state index contributed by atoms with van der Waals surface area (Å²) in [6.07, 6.45) is 8.03. The molecule has 2 aliphatic rings. The van der Waals surface area contributed by atoms with Crippen LogP contribution in [0.3, 0.4) is 0 Å². The molecule has 8 nitrogen and oxygen atoms in total. The van der Waals surface area contributed by atoms with Gasteiger partial charge in [0.2, 0.25) is 11.8 Å². The number of nitrogens with zero attached hydrogens (tertiary/aromatic N) is 4. The highest BCUT2D eigenvalue weighted by atomic mass is 16.5. The maximum absolute atomic E-state index is 12.9. The minimum atomic E-state index is 0.0000555. The number of methoxy groups -OCH3 is 1. The third-order valence-corrected chi connectivity index (χ3v) is 5.80. The molecule has 4 heterocycles. The Kier molecular flexibility index (Phi) is 5.27. The molecule has 148 valence electrons. The lowest BCUT2D eigenvalue weighted by Gasteiger charge is -2.47. The van der Waals surface area contributed by atoms with Gasteiger partial charge in [0.15, 0.2) is 0 Å². The number of rotatable bonds is 5. The van der Waals surface area contributed by atoms with Gasteiger partial charge < -0.3 is 19.5 Å². The lowest BCUT2D eigenvalue weighted by Crippen LogP contribution is -2.57. The van der Waals surface area contributed by atoms with Crippen molar-refractivity contribution in [1.29, 1.82) is 0 Å². The van der Waals surface area contributed by atoms with Crippen molar-refractivity contribution in [3.05, 3.63) is 42.1 Å². The standard InChI is InChI=1S/C20H25N5O3/c1-28-18-10-14(4-7-22-18)20(27)24-8-6-17-15(12-24)2-3-19(26)25(17)9-5-16-11-21-13-23-16/h4,7,10-11,13,15,17H,2-3,5-6,8-9,12H2,1H3,(H,21,23)/t15-,17+/m0/s1. The number of H-pyrrole nitrogens is 1. The Morgan fingerprint density at radius 3 is 3.07 bits per heavy atom. The average molecular weight is 383 g/mol. The number of fused-ring (bicyclic) bond motifs is 1. The van der Waals surface area contributed by atoms with Gasteiger partial charge in [0, 0.05) is 68.2 Å². The van der Waals surface area contributed by atoms with E-state index in [1.54, 1.807) is 38.0 Å². The number of aromatic nitrogens is 3. The molecule has 0 saturated carbocycles. The topological polar surface area (TPSA) is 91.4 Å². The van der Waals surface area contributed by atoms with E-state index >= 15 is 0 Å². The van der Waals surface area contributed by atoms with Gasteiger partial charge in [-0.05, 0) is 24.8 Å². The van der Waals surface area contributed by atoms with Gasteiger partial charge in [-0.3, -0.25) is 9.59 Å². The number of aromatic amines is 1. The summed E-state index contributed by atoms with van der Waals surface area (Å²) >= 11 is 0. The minimum absolute atomic E-state index is 0.0000555. The van der Waals surface area contributed by atoms with Gasteiger partial charge in [-0.25, -0.2) is 9.97 Å². The summed E-state index contributed by atoms with van der Waals surface area (Å²) in [7, 11) is 1.54. The molecule has 2 amide bonds. The van der Waals surface area contributed by atoms with Crippen molar-refractivity contribution in [3.63, 3.8) is 0 Å². The van der Waals surface area contributed by atoms with E-state index in [9.17, 15) is 9.59 Å². The largest absolute Gasteiger partial charge is 0.481 e. The van der Waals surface area contributed by atoms with E-state index < -0.39 is 0 Å². The van der Waals surface area contributed by atoms with Crippen LogP contribution in [0.15, 0.2) is 30.9 Å². The molecule has 2 fully saturated rings. The molecule has 0 spiro atoms. The van der Waals surface area contributed by atoms with Crippen molar-refractivity contribution in [1.82, 2.24) is 24.8 Å². The zero-order valence-corrected chi connectivity index (χ0v) is 16.0. The van der Waals surface area contributed by atoms with Crippen molar-refractivity contribution >= 4 is 11.8 Å². The van der Waals surface area contributed by atoms with Gasteiger partial charge in [0.1, 0.15) is 0 Å². The normalized spacial score (nSPS) is 22.1. The summed E-state index contributed by atoms with van der Waals surface area (Å²) in [5, 5.41) is 0. The zero-order chi connectivity index (χ0) is 19.5. The molecule has 2 aliphatic heterocycles. The molecular weight excluding hydrogens is 358 g/mol. The first-order valence-electron chi connectivity index (χ1n) is 9.71. The summed E-state index contributed by atoms with van der Waals surface area (Å²) < 4.78 is 5.13. The summed E-state index contributed by atoms with van der Waals surface area (Å²) in [6, 6.07) is 3.60. The van der Waals surface area contributed by atoms with Gasteiger partial charge in [0.05, 0.1) is 13.4 Å². The second kappa shape index (κ2) is 8.00. The van der Waals surface area contributed by atoms with Crippen molar-refractivity contribution in [3.8, 4) is 5.88 Å². The summed E-state index contributed by atoms with van der Waals surface area (Å²) in [5.41, 5.74) is 1.63. The molecule has 0 aromatic carbocycles. The SMILES string of the molecule is COc1cc(C(=O)N2CC[C@@H]3[C@@H](CCC(=O)N3CCc3cnc[nH]3)C2)ccn1. The molecule has 2 aromatic heterocycles. The molecule has 28 heavy (non-hydrogen) atoms. The van der Waals surface area contributed by atoms with Gasteiger partial charge in [-0.1, -0.05) is 0 Å². The number of imidazole rings is 1. The number of amides is 2. The lowest BCUT2D eigenvalue weighted by molar-refractivity contribution is -0.140. The number of ether oxygens (including phenoxy) is 1. The fourth-order valence-electron chi connectivity index (χ4n) is 4.33. The molecule has 2 atom stereocenters. The van der Waals surface area contributed by atoms with E-state index in [2.05, 4.69) is 15.0 Å². The third-order valence-electron chi connectivity index (χ3n) is 5.80. The van der Waals surface area contributed by atoms with Gasteiger partial charge in [-0.2, -0.15) is 0 Å². The molecular formula is C20H25N5O3. The zero-order valence-electron chi connectivity index (χ0n) is 16.0.